The van der Waals surface area contributed by atoms with Crippen LogP contribution in [0.3, 0.4) is 0 Å². The van der Waals surface area contributed by atoms with E-state index in [9.17, 15) is 14.7 Å². The minimum absolute atomic E-state index is 0. The van der Waals surface area contributed by atoms with Crippen LogP contribution < -0.4 is 64.2 Å². The fraction of sp³-hybridized carbons (Fsp3) is 0.889. The average Bonchev–Trinajstić information content (AvgIpc) is 2.46. The Balaban J connectivity index is -0.00000220. The Labute approximate surface area is 198 Å². The van der Waals surface area contributed by atoms with Gasteiger partial charge in [0.1, 0.15) is 0 Å². The fourth-order valence-corrected chi connectivity index (χ4v) is 2.94. The molecule has 1 unspecified atom stereocenters. The Hall–Kier alpha value is 1.36. The number of carbonyl (C=O) groups is 2. The van der Waals surface area contributed by atoms with Crippen molar-refractivity contribution in [3.63, 3.8) is 0 Å². The van der Waals surface area contributed by atoms with Gasteiger partial charge in [-0.05, 0) is 12.8 Å². The Kier molecular flexibility index (Phi) is 28.1. The van der Waals surface area contributed by atoms with Crippen molar-refractivity contribution in [2.45, 2.75) is 96.8 Å². The molecule has 0 aliphatic rings. The molecule has 0 saturated heterocycles. The summed E-state index contributed by atoms with van der Waals surface area (Å²) in [6.45, 7) is 2.24. The van der Waals surface area contributed by atoms with Crippen LogP contribution >= 0.6 is 0 Å². The minimum Gasteiger partial charge on any atom is -0.742 e. The Morgan fingerprint density at radius 2 is 1.17 bits per heavy atom. The van der Waals surface area contributed by atoms with Crippen LogP contribution in [0, 0.1) is 5.92 Å². The van der Waals surface area contributed by atoms with Crippen LogP contribution in [0.4, 0.5) is 0 Å². The Morgan fingerprint density at radius 1 is 0.792 bits per heavy atom. The average molecular weight is 374 g/mol. The molecular formula is C18H32Na2O3S. The van der Waals surface area contributed by atoms with E-state index in [2.05, 4.69) is 19.6 Å². The number of hydrogen-bond acceptors (Lipinski definition) is 4. The van der Waals surface area contributed by atoms with E-state index in [-0.39, 0.29) is 65.5 Å². The maximum Gasteiger partial charge on any atom is 1.00 e. The third-order valence-electron chi connectivity index (χ3n) is 4.15. The van der Waals surface area contributed by atoms with E-state index >= 15 is 0 Å². The third-order valence-corrected chi connectivity index (χ3v) is 4.49. The first-order valence-corrected chi connectivity index (χ1v) is 9.39. The minimum atomic E-state index is -1.18. The molecule has 130 valence electrons. The van der Waals surface area contributed by atoms with E-state index in [1.807, 2.05) is 0 Å². The van der Waals surface area contributed by atoms with Crippen molar-refractivity contribution in [3.8, 4) is 0 Å². The predicted octanol–water partition coefficient (Wildman–Crippen LogP) is -2.08. The van der Waals surface area contributed by atoms with E-state index in [0.29, 0.717) is 6.42 Å². The van der Waals surface area contributed by atoms with Crippen LogP contribution in [0.2, 0.25) is 0 Å². The monoisotopic (exact) mass is 374 g/mol. The topological polar surface area (TPSA) is 57.2 Å². The van der Waals surface area contributed by atoms with Crippen LogP contribution in [0.25, 0.3) is 0 Å². The molecule has 0 aromatic heterocycles. The molecule has 0 radical (unpaired) electrons. The molecule has 3 nitrogen and oxygen atoms in total. The van der Waals surface area contributed by atoms with Gasteiger partial charge in [0, 0.05) is 17.0 Å². The quantitative estimate of drug-likeness (QED) is 0.177. The number of rotatable bonds is 16. The van der Waals surface area contributed by atoms with Crippen molar-refractivity contribution in [2.24, 2.45) is 5.92 Å². The van der Waals surface area contributed by atoms with Gasteiger partial charge in [-0.2, -0.15) is 0 Å². The number of unbranched alkanes of at least 4 members (excludes halogenated alkanes) is 11. The molecule has 0 saturated carbocycles. The number of aliphatic carboxylic acids is 1. The standard InChI is InChI=1S/C18H34O3S.2Na/c1-2-3-4-5-6-7-8-9-10-11-12-13-14-16(18(21)22)15-17(19)20;;/h16H,2-15H2,1H3,(H,19,20)(H,21,22);;/q;2*+1/p-2. The van der Waals surface area contributed by atoms with Gasteiger partial charge < -0.3 is 27.3 Å². The van der Waals surface area contributed by atoms with Crippen molar-refractivity contribution in [1.29, 1.82) is 0 Å². The zero-order valence-electron chi connectivity index (χ0n) is 16.1. The van der Waals surface area contributed by atoms with Gasteiger partial charge >= 0.3 is 59.1 Å². The van der Waals surface area contributed by atoms with Gasteiger partial charge in [0.25, 0.3) is 0 Å². The van der Waals surface area contributed by atoms with Gasteiger partial charge in [-0.15, -0.1) is 0 Å². The molecule has 24 heavy (non-hydrogen) atoms. The summed E-state index contributed by atoms with van der Waals surface area (Å²) in [5.41, 5.74) is 0. The molecule has 0 amide bonds. The molecule has 0 aromatic rings. The van der Waals surface area contributed by atoms with Crippen molar-refractivity contribution in [3.05, 3.63) is 0 Å². The van der Waals surface area contributed by atoms with Gasteiger partial charge in [-0.1, -0.05) is 84.0 Å². The summed E-state index contributed by atoms with van der Waals surface area (Å²) >= 11 is 4.58. The SMILES string of the molecule is CCCCCCCCCCCCCCC(CC(=O)[O-])C(=O)[S-].[Na+].[Na+]. The van der Waals surface area contributed by atoms with Gasteiger partial charge in [0.2, 0.25) is 0 Å². The van der Waals surface area contributed by atoms with Crippen LogP contribution in [0.5, 0.6) is 0 Å². The normalized spacial score (nSPS) is 11.2. The predicted molar refractivity (Wildman–Crippen MR) is 91.2 cm³/mol. The fourth-order valence-electron chi connectivity index (χ4n) is 2.74. The summed E-state index contributed by atoms with van der Waals surface area (Å²) in [6.07, 6.45) is 15.5. The summed E-state index contributed by atoms with van der Waals surface area (Å²) in [5, 5.41) is 10.1. The van der Waals surface area contributed by atoms with Crippen molar-refractivity contribution < 1.29 is 73.8 Å². The van der Waals surface area contributed by atoms with E-state index in [0.717, 1.165) is 12.8 Å². The van der Waals surface area contributed by atoms with Crippen molar-refractivity contribution in [1.82, 2.24) is 0 Å². The number of carbonyl (C=O) groups excluding carboxylic acids is 2. The summed E-state index contributed by atoms with van der Waals surface area (Å²) in [6, 6.07) is 0. The molecule has 0 aliphatic heterocycles. The maximum absolute atomic E-state index is 11.1. The Bertz CT molecular complexity index is 302. The molecule has 0 fully saturated rings. The first kappa shape index (κ1) is 30.1. The molecule has 0 aliphatic carbocycles. The summed E-state index contributed by atoms with van der Waals surface area (Å²) < 4.78 is 0. The molecule has 0 heterocycles. The molecule has 0 spiro atoms. The van der Waals surface area contributed by atoms with Crippen LogP contribution in [0.15, 0.2) is 0 Å². The summed E-state index contributed by atoms with van der Waals surface area (Å²) in [5.74, 6) is -1.70. The van der Waals surface area contributed by atoms with Crippen molar-refractivity contribution >= 4 is 23.7 Å². The van der Waals surface area contributed by atoms with Crippen LogP contribution in [0.1, 0.15) is 96.8 Å². The molecule has 0 N–H and O–H groups in total. The van der Waals surface area contributed by atoms with E-state index in [1.165, 1.54) is 64.2 Å². The van der Waals surface area contributed by atoms with E-state index in [4.69, 9.17) is 0 Å². The van der Waals surface area contributed by atoms with Crippen molar-refractivity contribution in [2.75, 3.05) is 0 Å². The second kappa shape index (κ2) is 22.4. The second-order valence-corrected chi connectivity index (χ2v) is 6.67. The number of carboxylic acid groups (broad SMARTS) is 1. The first-order valence-electron chi connectivity index (χ1n) is 8.98. The first-order chi connectivity index (χ1) is 10.6. The number of hydrogen-bond donors (Lipinski definition) is 0. The number of carboxylic acids is 1. The zero-order valence-corrected chi connectivity index (χ0v) is 20.9. The molecule has 0 bridgehead atoms. The second-order valence-electron chi connectivity index (χ2n) is 6.27. The van der Waals surface area contributed by atoms with Gasteiger partial charge in [-0.25, -0.2) is 0 Å². The van der Waals surface area contributed by atoms with E-state index < -0.39 is 17.0 Å². The van der Waals surface area contributed by atoms with Gasteiger partial charge in [0.05, 0.1) is 0 Å². The summed E-state index contributed by atoms with van der Waals surface area (Å²) in [4.78, 5) is 21.7. The zero-order chi connectivity index (χ0) is 16.6. The largest absolute Gasteiger partial charge is 1.00 e. The molecule has 1 atom stereocenters. The third kappa shape index (κ3) is 21.4. The molecular weight excluding hydrogens is 342 g/mol. The van der Waals surface area contributed by atoms with Crippen LogP contribution in [-0.4, -0.2) is 11.1 Å². The molecule has 0 aromatic carbocycles. The smallest absolute Gasteiger partial charge is 0.742 e. The summed E-state index contributed by atoms with van der Waals surface area (Å²) in [7, 11) is 0. The van der Waals surface area contributed by atoms with Gasteiger partial charge in [0.15, 0.2) is 0 Å². The van der Waals surface area contributed by atoms with E-state index in [1.54, 1.807) is 0 Å². The van der Waals surface area contributed by atoms with Crippen LogP contribution in [-0.2, 0) is 22.2 Å². The Morgan fingerprint density at radius 3 is 1.50 bits per heavy atom. The molecule has 6 heteroatoms. The maximum atomic E-state index is 11.1. The van der Waals surface area contributed by atoms with Gasteiger partial charge in [-0.3, -0.25) is 0 Å². The molecule has 0 rings (SSSR count).